The molecule has 7 heteroatoms. The summed E-state index contributed by atoms with van der Waals surface area (Å²) in [6.07, 6.45) is 4.76. The number of hydrogen-bond donors (Lipinski definition) is 1. The van der Waals surface area contributed by atoms with Gasteiger partial charge >= 0.3 is 6.09 Å². The zero-order valence-corrected chi connectivity index (χ0v) is 17.2. The molecule has 1 fully saturated rings. The van der Waals surface area contributed by atoms with E-state index >= 15 is 0 Å². The van der Waals surface area contributed by atoms with E-state index in [4.69, 9.17) is 4.74 Å². The number of unbranched alkanes of at least 4 members (excludes halogenated alkanes) is 1. The van der Waals surface area contributed by atoms with Crippen molar-refractivity contribution >= 4 is 33.6 Å². The number of carbonyl (C=O) groups is 2. The predicted octanol–water partition coefficient (Wildman–Crippen LogP) is 4.47. The van der Waals surface area contributed by atoms with Crippen LogP contribution < -0.4 is 10.1 Å². The number of nitrogens with one attached hydrogen (secondary N) is 1. The van der Waals surface area contributed by atoms with Gasteiger partial charge in [-0.05, 0) is 43.9 Å². The van der Waals surface area contributed by atoms with Gasteiger partial charge in [0.2, 0.25) is 5.91 Å². The lowest BCUT2D eigenvalue weighted by molar-refractivity contribution is -0.121. The third-order valence-electron chi connectivity index (χ3n) is 4.29. The van der Waals surface area contributed by atoms with Crippen LogP contribution in [0.5, 0.6) is 5.75 Å². The van der Waals surface area contributed by atoms with E-state index in [1.54, 1.807) is 19.2 Å². The Kier molecular flexibility index (Phi) is 9.18. The predicted molar refractivity (Wildman–Crippen MR) is 110 cm³/mol. The van der Waals surface area contributed by atoms with Gasteiger partial charge in [0.05, 0.1) is 0 Å². The summed E-state index contributed by atoms with van der Waals surface area (Å²) in [5, 5.41) is 3.72. The molecule has 1 aliphatic rings. The maximum atomic E-state index is 12.0. The summed E-state index contributed by atoms with van der Waals surface area (Å²) in [4.78, 5) is 25.3. The average Bonchev–Trinajstić information content (AvgIpc) is 3.16. The molecule has 0 aliphatic carbocycles. The van der Waals surface area contributed by atoms with Gasteiger partial charge in [0.25, 0.3) is 0 Å². The fraction of sp³-hybridized carbons (Fsp3) is 0.579. The Balaban J connectivity index is 1.67. The molecule has 2 rings (SSSR count). The summed E-state index contributed by atoms with van der Waals surface area (Å²) >= 11 is 0. The van der Waals surface area contributed by atoms with E-state index < -0.39 is 0 Å². The topological polar surface area (TPSA) is 58.6 Å². The van der Waals surface area contributed by atoms with Crippen LogP contribution in [-0.2, 0) is 11.3 Å². The van der Waals surface area contributed by atoms with Crippen LogP contribution >= 0.6 is 21.6 Å². The smallest absolute Gasteiger partial charge is 0.410 e. The van der Waals surface area contributed by atoms with E-state index in [1.165, 1.54) is 23.5 Å². The van der Waals surface area contributed by atoms with E-state index in [2.05, 4.69) is 5.32 Å². The van der Waals surface area contributed by atoms with Crippen molar-refractivity contribution in [1.82, 2.24) is 10.2 Å². The van der Waals surface area contributed by atoms with Gasteiger partial charge in [-0.25, -0.2) is 4.79 Å². The first kappa shape index (κ1) is 21.0. The third-order valence-corrected chi connectivity index (χ3v) is 7.29. The van der Waals surface area contributed by atoms with Crippen molar-refractivity contribution in [3.8, 4) is 5.75 Å². The van der Waals surface area contributed by atoms with Crippen LogP contribution in [0.4, 0.5) is 4.79 Å². The molecule has 1 aromatic rings. The molecular formula is C19H28N2O3S2. The molecule has 144 valence electrons. The summed E-state index contributed by atoms with van der Waals surface area (Å²) in [5.74, 6) is 1.83. The monoisotopic (exact) mass is 396 g/mol. The molecular weight excluding hydrogens is 368 g/mol. The number of benzene rings is 1. The van der Waals surface area contributed by atoms with Crippen molar-refractivity contribution in [3.63, 3.8) is 0 Å². The second-order valence-electron chi connectivity index (χ2n) is 6.38. The van der Waals surface area contributed by atoms with E-state index in [9.17, 15) is 9.59 Å². The number of rotatable bonds is 9. The highest BCUT2D eigenvalue weighted by atomic mass is 33.1. The summed E-state index contributed by atoms with van der Waals surface area (Å²) < 4.78 is 5.31. The molecule has 0 saturated carbocycles. The highest BCUT2D eigenvalue weighted by Crippen LogP contribution is 2.39. The lowest BCUT2D eigenvalue weighted by Gasteiger charge is -2.14. The van der Waals surface area contributed by atoms with E-state index in [1.807, 2.05) is 40.6 Å². The van der Waals surface area contributed by atoms with Crippen LogP contribution in [0.2, 0.25) is 0 Å². The molecule has 1 aliphatic heterocycles. The van der Waals surface area contributed by atoms with Gasteiger partial charge in [0.1, 0.15) is 5.75 Å². The van der Waals surface area contributed by atoms with Crippen molar-refractivity contribution in [2.75, 3.05) is 19.3 Å². The molecule has 0 aromatic heterocycles. The van der Waals surface area contributed by atoms with Gasteiger partial charge < -0.3 is 15.0 Å². The minimum absolute atomic E-state index is 0.0755. The maximum absolute atomic E-state index is 12.0. The summed E-state index contributed by atoms with van der Waals surface area (Å²) in [6, 6.07) is 7.27. The van der Waals surface area contributed by atoms with E-state index in [0.717, 1.165) is 23.7 Å². The molecule has 5 nitrogen and oxygen atoms in total. The number of amides is 2. The Labute approximate surface area is 164 Å². The molecule has 0 radical (unpaired) electrons. The average molecular weight is 397 g/mol. The molecule has 1 saturated heterocycles. The van der Waals surface area contributed by atoms with Gasteiger partial charge in [-0.15, -0.1) is 0 Å². The van der Waals surface area contributed by atoms with Gasteiger partial charge in [0.15, 0.2) is 0 Å². The summed E-state index contributed by atoms with van der Waals surface area (Å²) in [6.45, 7) is 2.93. The van der Waals surface area contributed by atoms with Crippen molar-refractivity contribution < 1.29 is 14.3 Å². The zero-order chi connectivity index (χ0) is 18.8. The Morgan fingerprint density at radius 3 is 2.92 bits per heavy atom. The van der Waals surface area contributed by atoms with Crippen molar-refractivity contribution in [2.45, 2.75) is 50.8 Å². The molecule has 1 aromatic carbocycles. The normalized spacial score (nSPS) is 16.3. The number of ether oxygens (including phenoxy) is 1. The van der Waals surface area contributed by atoms with E-state index in [0.29, 0.717) is 25.3 Å². The van der Waals surface area contributed by atoms with Gasteiger partial charge in [-0.3, -0.25) is 4.79 Å². The largest absolute Gasteiger partial charge is 0.414 e. The highest BCUT2D eigenvalue weighted by Gasteiger charge is 2.15. The van der Waals surface area contributed by atoms with Crippen LogP contribution in [-0.4, -0.2) is 41.5 Å². The minimum Gasteiger partial charge on any atom is -0.410 e. The van der Waals surface area contributed by atoms with Crippen molar-refractivity contribution in [3.05, 3.63) is 29.8 Å². The van der Waals surface area contributed by atoms with Crippen molar-refractivity contribution in [1.29, 1.82) is 0 Å². The van der Waals surface area contributed by atoms with Crippen LogP contribution in [0, 0.1) is 0 Å². The Morgan fingerprint density at radius 1 is 1.35 bits per heavy atom. The fourth-order valence-corrected chi connectivity index (χ4v) is 5.57. The lowest BCUT2D eigenvalue weighted by Crippen LogP contribution is -2.29. The van der Waals surface area contributed by atoms with Gasteiger partial charge in [-0.2, -0.15) is 0 Å². The lowest BCUT2D eigenvalue weighted by atomic mass is 10.1. The fourth-order valence-electron chi connectivity index (χ4n) is 2.54. The Hall–Kier alpha value is -1.34. The third kappa shape index (κ3) is 7.50. The zero-order valence-electron chi connectivity index (χ0n) is 15.5. The Bertz CT molecular complexity index is 592. The van der Waals surface area contributed by atoms with Crippen LogP contribution in [0.1, 0.15) is 44.6 Å². The van der Waals surface area contributed by atoms with Gasteiger partial charge in [-0.1, -0.05) is 40.1 Å². The number of hydrogen-bond acceptors (Lipinski definition) is 5. The first-order valence-electron chi connectivity index (χ1n) is 9.15. The quantitative estimate of drug-likeness (QED) is 0.493. The van der Waals surface area contributed by atoms with Crippen LogP contribution in [0.3, 0.4) is 0 Å². The molecule has 0 spiro atoms. The molecule has 1 N–H and O–H groups in total. The molecule has 26 heavy (non-hydrogen) atoms. The minimum atomic E-state index is -0.382. The van der Waals surface area contributed by atoms with Crippen LogP contribution in [0.25, 0.3) is 0 Å². The van der Waals surface area contributed by atoms with E-state index in [-0.39, 0.29) is 12.0 Å². The molecule has 1 unspecified atom stereocenters. The summed E-state index contributed by atoms with van der Waals surface area (Å²) in [7, 11) is 5.65. The SMILES string of the molecule is CCN(C)C(=O)Oc1cccc(CNC(=O)CCCCC2CCSS2)c1. The van der Waals surface area contributed by atoms with Gasteiger partial charge in [0, 0.05) is 37.6 Å². The van der Waals surface area contributed by atoms with Crippen molar-refractivity contribution in [2.24, 2.45) is 0 Å². The molecule has 1 atom stereocenters. The molecule has 0 bridgehead atoms. The molecule has 1 heterocycles. The molecule has 2 amide bonds. The maximum Gasteiger partial charge on any atom is 0.414 e. The highest BCUT2D eigenvalue weighted by molar-refractivity contribution is 8.77. The van der Waals surface area contributed by atoms with Crippen LogP contribution in [0.15, 0.2) is 24.3 Å². The Morgan fingerprint density at radius 2 is 2.19 bits per heavy atom. The first-order chi connectivity index (χ1) is 12.6. The standard InChI is InChI=1S/C19H28N2O3S2/c1-3-21(2)19(23)24-16-8-6-7-15(13-16)14-20-18(22)10-5-4-9-17-11-12-25-26-17/h6-8,13,17H,3-5,9-12,14H2,1-2H3,(H,20,22). The summed E-state index contributed by atoms with van der Waals surface area (Å²) in [5.41, 5.74) is 0.919. The number of carbonyl (C=O) groups excluding carboxylic acids is 2. The number of nitrogens with zero attached hydrogens (tertiary/aromatic N) is 1. The second-order valence-corrected chi connectivity index (χ2v) is 9.17. The first-order valence-corrected chi connectivity index (χ1v) is 11.5. The second kappa shape index (κ2) is 11.4.